The van der Waals surface area contributed by atoms with E-state index >= 15 is 0 Å². The molecule has 0 spiro atoms. The third-order valence-corrected chi connectivity index (χ3v) is 11.0. The van der Waals surface area contributed by atoms with Gasteiger partial charge in [0.25, 0.3) is 0 Å². The number of rotatable bonds is 6. The fourth-order valence-electron chi connectivity index (χ4n) is 8.48. The lowest BCUT2D eigenvalue weighted by Gasteiger charge is -2.29. The van der Waals surface area contributed by atoms with Crippen molar-refractivity contribution in [1.82, 2.24) is 4.57 Å². The average Bonchev–Trinajstić information content (AvgIpc) is 3.80. The lowest BCUT2D eigenvalue weighted by atomic mass is 9.98. The van der Waals surface area contributed by atoms with Crippen LogP contribution in [0, 0.1) is 0 Å². The number of benzene rings is 9. The van der Waals surface area contributed by atoms with Gasteiger partial charge in [0.05, 0.1) is 22.4 Å². The minimum Gasteiger partial charge on any atom is -0.455 e. The summed E-state index contributed by atoms with van der Waals surface area (Å²) in [5, 5.41) is 7.17. The van der Waals surface area contributed by atoms with Gasteiger partial charge in [0.2, 0.25) is 0 Å². The summed E-state index contributed by atoms with van der Waals surface area (Å²) < 4.78 is 8.86. The van der Waals surface area contributed by atoms with Gasteiger partial charge in [-0.1, -0.05) is 152 Å². The number of hydrogen-bond acceptors (Lipinski definition) is 2. The first-order valence-corrected chi connectivity index (χ1v) is 18.8. The van der Waals surface area contributed by atoms with Crippen LogP contribution < -0.4 is 4.90 Å². The molecule has 0 saturated heterocycles. The number of para-hydroxylation sites is 6. The van der Waals surface area contributed by atoms with Crippen LogP contribution in [-0.4, -0.2) is 4.57 Å². The molecular formula is C52H34N2O. The van der Waals surface area contributed by atoms with Gasteiger partial charge in [0, 0.05) is 49.6 Å². The first-order valence-electron chi connectivity index (χ1n) is 18.8. The first-order chi connectivity index (χ1) is 27.3. The second kappa shape index (κ2) is 12.6. The number of hydrogen-bond donors (Lipinski definition) is 0. The number of anilines is 3. The highest BCUT2D eigenvalue weighted by atomic mass is 16.3. The van der Waals surface area contributed by atoms with Crippen molar-refractivity contribution < 1.29 is 4.42 Å². The topological polar surface area (TPSA) is 21.3 Å². The van der Waals surface area contributed by atoms with Gasteiger partial charge < -0.3 is 13.9 Å². The molecule has 258 valence electrons. The molecule has 11 rings (SSSR count). The Bertz CT molecular complexity index is 3170. The number of furan rings is 1. The van der Waals surface area contributed by atoms with Crippen molar-refractivity contribution in [3.63, 3.8) is 0 Å². The SMILES string of the molecule is c1ccc(N(c2ccc(-c3cccc4c3oc3ccccc34)cc2)c2ccc3ccccc3c2)c(-c2ccccc2-n2c3ccccc3c3ccccc32)c1. The van der Waals surface area contributed by atoms with Gasteiger partial charge in [0.15, 0.2) is 0 Å². The van der Waals surface area contributed by atoms with Crippen LogP contribution in [0.3, 0.4) is 0 Å². The summed E-state index contributed by atoms with van der Waals surface area (Å²) in [6.07, 6.45) is 0. The molecule has 0 saturated carbocycles. The van der Waals surface area contributed by atoms with Crippen molar-refractivity contribution in [2.24, 2.45) is 0 Å². The lowest BCUT2D eigenvalue weighted by molar-refractivity contribution is 0.670. The second-order valence-electron chi connectivity index (χ2n) is 14.1. The summed E-state index contributed by atoms with van der Waals surface area (Å²) in [5.41, 5.74) is 13.1. The fourth-order valence-corrected chi connectivity index (χ4v) is 8.48. The van der Waals surface area contributed by atoms with Crippen molar-refractivity contribution in [2.45, 2.75) is 0 Å². The van der Waals surface area contributed by atoms with E-state index in [1.54, 1.807) is 0 Å². The highest BCUT2D eigenvalue weighted by Gasteiger charge is 2.21. The van der Waals surface area contributed by atoms with Gasteiger partial charge in [-0.2, -0.15) is 0 Å². The van der Waals surface area contributed by atoms with Gasteiger partial charge in [0.1, 0.15) is 11.2 Å². The molecule has 0 unspecified atom stereocenters. The van der Waals surface area contributed by atoms with Crippen molar-refractivity contribution in [1.29, 1.82) is 0 Å². The molecule has 0 amide bonds. The van der Waals surface area contributed by atoms with E-state index in [4.69, 9.17) is 4.42 Å². The zero-order chi connectivity index (χ0) is 36.3. The Labute approximate surface area is 318 Å². The molecule has 11 aromatic rings. The molecule has 0 aliphatic rings. The van der Waals surface area contributed by atoms with E-state index in [0.717, 1.165) is 66.9 Å². The Hall–Kier alpha value is -7.36. The van der Waals surface area contributed by atoms with Crippen LogP contribution in [0.25, 0.3) is 82.5 Å². The van der Waals surface area contributed by atoms with Crippen LogP contribution in [0.15, 0.2) is 211 Å². The molecule has 0 aliphatic heterocycles. The maximum absolute atomic E-state index is 6.44. The van der Waals surface area contributed by atoms with E-state index in [1.165, 1.54) is 32.6 Å². The van der Waals surface area contributed by atoms with Gasteiger partial charge in [-0.05, 0) is 70.9 Å². The molecule has 55 heavy (non-hydrogen) atoms. The maximum atomic E-state index is 6.44. The Balaban J connectivity index is 1.11. The number of aromatic nitrogens is 1. The van der Waals surface area contributed by atoms with Crippen LogP contribution in [0.4, 0.5) is 17.1 Å². The Kier molecular flexibility index (Phi) is 7.17. The minimum atomic E-state index is 0.904. The largest absolute Gasteiger partial charge is 0.455 e. The predicted molar refractivity (Wildman–Crippen MR) is 231 cm³/mol. The third-order valence-electron chi connectivity index (χ3n) is 11.0. The Morgan fingerprint density at radius 1 is 0.382 bits per heavy atom. The molecule has 0 atom stereocenters. The average molecular weight is 703 g/mol. The molecular weight excluding hydrogens is 669 g/mol. The van der Waals surface area contributed by atoms with Gasteiger partial charge in [-0.3, -0.25) is 0 Å². The van der Waals surface area contributed by atoms with Crippen LogP contribution in [0.2, 0.25) is 0 Å². The second-order valence-corrected chi connectivity index (χ2v) is 14.1. The van der Waals surface area contributed by atoms with Crippen LogP contribution >= 0.6 is 0 Å². The summed E-state index contributed by atoms with van der Waals surface area (Å²) in [4.78, 5) is 2.40. The minimum absolute atomic E-state index is 0.904. The van der Waals surface area contributed by atoms with E-state index < -0.39 is 0 Å². The van der Waals surface area contributed by atoms with E-state index in [0.29, 0.717) is 0 Å². The highest BCUT2D eigenvalue weighted by Crippen LogP contribution is 2.45. The molecule has 2 aromatic heterocycles. The molecule has 0 radical (unpaired) electrons. The smallest absolute Gasteiger partial charge is 0.143 e. The zero-order valence-corrected chi connectivity index (χ0v) is 29.9. The Morgan fingerprint density at radius 3 is 1.76 bits per heavy atom. The fraction of sp³-hybridized carbons (Fsp3) is 0. The standard InChI is InChI=1S/C52H34N2O/c1-2-15-37-34-39(33-28-35(37)14-1)53(38-31-29-36(30-32-38)40-21-13-22-46-45-20-7-12-27-51(45)55-52(40)46)47-23-8-3-16-41(47)42-17-4-9-24-48(42)54-49-25-10-5-18-43(49)44-19-6-11-26-50(44)54/h1-34H. The van der Waals surface area contributed by atoms with Crippen molar-refractivity contribution in [3.05, 3.63) is 206 Å². The monoisotopic (exact) mass is 702 g/mol. The van der Waals surface area contributed by atoms with Crippen molar-refractivity contribution in [3.8, 4) is 27.9 Å². The van der Waals surface area contributed by atoms with E-state index in [-0.39, 0.29) is 0 Å². The summed E-state index contributed by atoms with van der Waals surface area (Å²) in [7, 11) is 0. The molecule has 0 fully saturated rings. The maximum Gasteiger partial charge on any atom is 0.143 e. The summed E-state index contributed by atoms with van der Waals surface area (Å²) >= 11 is 0. The van der Waals surface area contributed by atoms with Gasteiger partial charge >= 0.3 is 0 Å². The molecule has 0 aliphatic carbocycles. The third kappa shape index (κ3) is 5.05. The Morgan fingerprint density at radius 2 is 0.964 bits per heavy atom. The molecule has 3 heteroatoms. The lowest BCUT2D eigenvalue weighted by Crippen LogP contribution is -2.11. The van der Waals surface area contributed by atoms with Crippen LogP contribution in [0.5, 0.6) is 0 Å². The van der Waals surface area contributed by atoms with Crippen molar-refractivity contribution >= 4 is 71.6 Å². The number of fused-ring (bicyclic) bond motifs is 7. The predicted octanol–water partition coefficient (Wildman–Crippen LogP) is 14.6. The number of nitrogens with zero attached hydrogens (tertiary/aromatic N) is 2. The summed E-state index contributed by atoms with van der Waals surface area (Å²) in [6, 6.07) is 74.0. The van der Waals surface area contributed by atoms with Gasteiger partial charge in [-0.15, -0.1) is 0 Å². The first kappa shape index (κ1) is 31.2. The normalized spacial score (nSPS) is 11.6. The van der Waals surface area contributed by atoms with E-state index in [1.807, 2.05) is 12.1 Å². The highest BCUT2D eigenvalue weighted by molar-refractivity contribution is 6.11. The van der Waals surface area contributed by atoms with Crippen molar-refractivity contribution in [2.75, 3.05) is 4.90 Å². The zero-order valence-electron chi connectivity index (χ0n) is 29.9. The molecule has 0 bridgehead atoms. The van der Waals surface area contributed by atoms with E-state index in [2.05, 4.69) is 204 Å². The van der Waals surface area contributed by atoms with Crippen LogP contribution in [-0.2, 0) is 0 Å². The molecule has 9 aromatic carbocycles. The quantitative estimate of drug-likeness (QED) is 0.172. The summed E-state index contributed by atoms with van der Waals surface area (Å²) in [6.45, 7) is 0. The molecule has 3 nitrogen and oxygen atoms in total. The summed E-state index contributed by atoms with van der Waals surface area (Å²) in [5.74, 6) is 0. The molecule has 2 heterocycles. The van der Waals surface area contributed by atoms with Crippen LogP contribution in [0.1, 0.15) is 0 Å². The van der Waals surface area contributed by atoms with Gasteiger partial charge in [-0.25, -0.2) is 0 Å². The molecule has 0 N–H and O–H groups in total. The van der Waals surface area contributed by atoms with E-state index in [9.17, 15) is 0 Å².